The zero-order chi connectivity index (χ0) is 26.1. The molecule has 0 aliphatic carbocycles. The Morgan fingerprint density at radius 1 is 0.973 bits per heavy atom. The molecule has 5 N–H and O–H groups in total. The molecule has 11 nitrogen and oxygen atoms in total. The van der Waals surface area contributed by atoms with Crippen LogP contribution in [0.4, 0.5) is 0 Å². The fraction of sp³-hybridized carbons (Fsp3) is 0.538. The third-order valence-corrected chi connectivity index (χ3v) is 7.01. The summed E-state index contributed by atoms with van der Waals surface area (Å²) in [4.78, 5) is 0. The molecule has 0 aromatic heterocycles. The van der Waals surface area contributed by atoms with Gasteiger partial charge in [0.2, 0.25) is 6.79 Å². The first-order valence-corrected chi connectivity index (χ1v) is 12.2. The molecule has 1 fully saturated rings. The number of hydrogen-bond acceptors (Lipinski definition) is 11. The largest absolute Gasteiger partial charge is 0.493 e. The van der Waals surface area contributed by atoms with Crippen LogP contribution in [0, 0.1) is 0 Å². The average molecular weight is 521 g/mol. The average Bonchev–Trinajstić information content (AvgIpc) is 3.54. The van der Waals surface area contributed by atoms with Crippen molar-refractivity contribution in [1.82, 2.24) is 0 Å². The minimum Gasteiger partial charge on any atom is -0.493 e. The van der Waals surface area contributed by atoms with Crippen LogP contribution in [0.3, 0.4) is 0 Å². The highest BCUT2D eigenvalue weighted by Gasteiger charge is 2.45. The van der Waals surface area contributed by atoms with Gasteiger partial charge >= 0.3 is 0 Å². The van der Waals surface area contributed by atoms with Crippen LogP contribution >= 0.6 is 0 Å². The van der Waals surface area contributed by atoms with E-state index in [1.165, 1.54) is 0 Å². The maximum absolute atomic E-state index is 10.5. The molecule has 1 saturated heterocycles. The Kier molecular flexibility index (Phi) is 7.72. The lowest BCUT2D eigenvalue weighted by atomic mass is 9.90. The van der Waals surface area contributed by atoms with Crippen molar-refractivity contribution in [3.05, 3.63) is 47.0 Å². The van der Waals surface area contributed by atoms with Gasteiger partial charge in [0, 0.05) is 12.2 Å². The van der Waals surface area contributed by atoms with E-state index >= 15 is 0 Å². The van der Waals surface area contributed by atoms with Gasteiger partial charge in [-0.2, -0.15) is 0 Å². The number of fused-ring (bicyclic) bond motifs is 2. The van der Waals surface area contributed by atoms with Gasteiger partial charge in [-0.05, 0) is 42.2 Å². The van der Waals surface area contributed by atoms with Gasteiger partial charge in [0.05, 0.1) is 26.2 Å². The number of aryl methyl sites for hydroxylation is 1. The Morgan fingerprint density at radius 3 is 2.54 bits per heavy atom. The number of methoxy groups -OCH3 is 1. The van der Waals surface area contributed by atoms with E-state index in [-0.39, 0.29) is 25.9 Å². The van der Waals surface area contributed by atoms with Crippen molar-refractivity contribution in [2.75, 3.05) is 33.7 Å². The zero-order valence-electron chi connectivity index (χ0n) is 20.4. The number of benzene rings is 2. The van der Waals surface area contributed by atoms with Crippen molar-refractivity contribution in [2.45, 2.75) is 55.6 Å². The summed E-state index contributed by atoms with van der Waals surface area (Å²) in [6, 6.07) is 9.40. The van der Waals surface area contributed by atoms with Gasteiger partial charge in [-0.25, -0.2) is 0 Å². The lowest BCUT2D eigenvalue weighted by molar-refractivity contribution is -0.302. The predicted molar refractivity (Wildman–Crippen MR) is 127 cm³/mol. The van der Waals surface area contributed by atoms with Gasteiger partial charge in [-0.1, -0.05) is 12.1 Å². The van der Waals surface area contributed by atoms with Crippen molar-refractivity contribution >= 4 is 0 Å². The van der Waals surface area contributed by atoms with E-state index in [9.17, 15) is 25.5 Å². The fourth-order valence-corrected chi connectivity index (χ4v) is 5.01. The van der Waals surface area contributed by atoms with Gasteiger partial charge in [0.15, 0.2) is 29.3 Å². The number of aliphatic hydroxyl groups is 5. The Balaban J connectivity index is 1.46. The number of aliphatic hydroxyl groups excluding tert-OH is 5. The second-order valence-corrected chi connectivity index (χ2v) is 9.33. The summed E-state index contributed by atoms with van der Waals surface area (Å²) < 4.78 is 34.5. The minimum absolute atomic E-state index is 0.0153. The van der Waals surface area contributed by atoms with Crippen molar-refractivity contribution in [3.63, 3.8) is 0 Å². The van der Waals surface area contributed by atoms with Crippen LogP contribution < -0.4 is 18.9 Å². The van der Waals surface area contributed by atoms with Crippen LogP contribution in [0.15, 0.2) is 30.3 Å². The second kappa shape index (κ2) is 11.0. The summed E-state index contributed by atoms with van der Waals surface area (Å²) in [5, 5.41) is 49.5. The number of ether oxygens (including phenoxy) is 6. The molecular weight excluding hydrogens is 488 g/mol. The molecule has 11 heteroatoms. The first kappa shape index (κ1) is 26.0. The molecule has 37 heavy (non-hydrogen) atoms. The third-order valence-electron chi connectivity index (χ3n) is 7.01. The third kappa shape index (κ3) is 4.96. The summed E-state index contributed by atoms with van der Waals surface area (Å²) in [5.74, 6) is 1.95. The van der Waals surface area contributed by atoms with Crippen LogP contribution in [0.2, 0.25) is 0 Å². The highest BCUT2D eigenvalue weighted by Crippen LogP contribution is 2.52. The van der Waals surface area contributed by atoms with Crippen LogP contribution in [0.5, 0.6) is 23.0 Å². The topological polar surface area (TPSA) is 157 Å². The van der Waals surface area contributed by atoms with Gasteiger partial charge in [-0.15, -0.1) is 0 Å². The van der Waals surface area contributed by atoms with E-state index < -0.39 is 43.4 Å². The van der Waals surface area contributed by atoms with Crippen molar-refractivity contribution in [3.8, 4) is 23.0 Å². The summed E-state index contributed by atoms with van der Waals surface area (Å²) in [5.41, 5.74) is 2.58. The molecule has 0 amide bonds. The van der Waals surface area contributed by atoms with Crippen molar-refractivity contribution in [2.24, 2.45) is 0 Å². The van der Waals surface area contributed by atoms with Crippen LogP contribution in [0.25, 0.3) is 0 Å². The van der Waals surface area contributed by atoms with Crippen LogP contribution in [0.1, 0.15) is 35.1 Å². The minimum atomic E-state index is -1.54. The summed E-state index contributed by atoms with van der Waals surface area (Å²) in [6.45, 7) is -0.345. The molecule has 5 rings (SSSR count). The normalized spacial score (nSPS) is 30.2. The molecule has 3 aliphatic rings. The van der Waals surface area contributed by atoms with E-state index in [1.54, 1.807) is 7.11 Å². The lowest BCUT2D eigenvalue weighted by Crippen LogP contribution is -2.59. The quantitative estimate of drug-likeness (QED) is 0.312. The van der Waals surface area contributed by atoms with E-state index in [4.69, 9.17) is 28.4 Å². The Labute approximate surface area is 213 Å². The molecule has 0 spiro atoms. The molecule has 2 aromatic carbocycles. The van der Waals surface area contributed by atoms with Gasteiger partial charge in [0.25, 0.3) is 0 Å². The molecular formula is C26H32O11. The van der Waals surface area contributed by atoms with E-state index in [0.29, 0.717) is 35.8 Å². The summed E-state index contributed by atoms with van der Waals surface area (Å²) in [7, 11) is 1.56. The fourth-order valence-electron chi connectivity index (χ4n) is 5.01. The smallest absolute Gasteiger partial charge is 0.231 e. The van der Waals surface area contributed by atoms with Crippen LogP contribution in [-0.4, -0.2) is 90.0 Å². The first-order valence-electron chi connectivity index (χ1n) is 12.2. The zero-order valence-corrected chi connectivity index (χ0v) is 20.4. The van der Waals surface area contributed by atoms with Crippen molar-refractivity contribution in [1.29, 1.82) is 0 Å². The predicted octanol–water partition coefficient (Wildman–Crippen LogP) is 0.383. The Hall–Kier alpha value is -2.64. The standard InChI is InChI=1S/C26H32O11/c1-32-19-8-13(3-2-6-27)7-15-16(11-33-26-23(31)22(30)21(29)20(10-28)36-26)24(37-25(15)19)14-4-5-17-18(9-14)35-12-34-17/h4-5,7-9,16,20-24,26-31H,2-3,6,10-12H2,1H3/t16-,20+,21+,22-,23+,24+,26+/m0/s1. The Morgan fingerprint density at radius 2 is 1.78 bits per heavy atom. The molecule has 202 valence electrons. The van der Waals surface area contributed by atoms with Gasteiger partial charge in [0.1, 0.15) is 30.5 Å². The molecule has 3 aliphatic heterocycles. The van der Waals surface area contributed by atoms with E-state index in [0.717, 1.165) is 16.7 Å². The Bertz CT molecular complexity index is 1090. The highest BCUT2D eigenvalue weighted by molar-refractivity contribution is 5.56. The van der Waals surface area contributed by atoms with E-state index in [1.807, 2.05) is 30.3 Å². The summed E-state index contributed by atoms with van der Waals surface area (Å²) in [6.07, 6.45) is -6.20. The monoisotopic (exact) mass is 520 g/mol. The molecule has 0 radical (unpaired) electrons. The molecule has 0 unspecified atom stereocenters. The number of rotatable bonds is 9. The van der Waals surface area contributed by atoms with E-state index in [2.05, 4.69) is 0 Å². The molecule has 0 bridgehead atoms. The van der Waals surface area contributed by atoms with Gasteiger partial charge < -0.3 is 54.0 Å². The number of hydrogen-bond donors (Lipinski definition) is 5. The van der Waals surface area contributed by atoms with Crippen molar-refractivity contribution < 1.29 is 54.0 Å². The molecule has 7 atom stereocenters. The maximum atomic E-state index is 10.5. The molecule has 0 saturated carbocycles. The summed E-state index contributed by atoms with van der Waals surface area (Å²) >= 11 is 0. The lowest BCUT2D eigenvalue weighted by Gasteiger charge is -2.40. The maximum Gasteiger partial charge on any atom is 0.231 e. The molecule has 3 heterocycles. The second-order valence-electron chi connectivity index (χ2n) is 9.33. The molecule has 2 aromatic rings. The first-order chi connectivity index (χ1) is 17.9. The van der Waals surface area contributed by atoms with Crippen LogP contribution in [-0.2, 0) is 15.9 Å². The highest BCUT2D eigenvalue weighted by atomic mass is 16.7. The van der Waals surface area contributed by atoms with Gasteiger partial charge in [-0.3, -0.25) is 0 Å². The SMILES string of the molecule is COc1cc(CCCO)cc2c1O[C@H](c1ccc3c(c1)OCO3)[C@H]2CO[C@@H]1O[C@H](CO)[C@@H](O)[C@H](O)[C@H]1O.